The van der Waals surface area contributed by atoms with Crippen molar-refractivity contribution in [2.24, 2.45) is 0 Å². The molecule has 8 heteroatoms. The molecule has 2 aromatic carbocycles. The Bertz CT molecular complexity index is 1280. The summed E-state index contributed by atoms with van der Waals surface area (Å²) in [7, 11) is 0. The first-order valence-corrected chi connectivity index (χ1v) is 10.8. The van der Waals surface area contributed by atoms with Gasteiger partial charge >= 0.3 is 0 Å². The third-order valence-electron chi connectivity index (χ3n) is 5.33. The molecule has 0 saturated carbocycles. The van der Waals surface area contributed by atoms with Crippen LogP contribution >= 0.6 is 0 Å². The Balaban J connectivity index is 1.60. The highest BCUT2D eigenvalue weighted by atomic mass is 16.2. The highest BCUT2D eigenvalue weighted by molar-refractivity contribution is 6.04. The Labute approximate surface area is 192 Å². The Morgan fingerprint density at radius 3 is 2.24 bits per heavy atom. The average molecular weight is 443 g/mol. The minimum absolute atomic E-state index is 0.159. The van der Waals surface area contributed by atoms with Crippen LogP contribution in [-0.2, 0) is 11.3 Å². The van der Waals surface area contributed by atoms with Crippen molar-refractivity contribution in [1.82, 2.24) is 19.6 Å². The molecule has 0 aliphatic carbocycles. The van der Waals surface area contributed by atoms with Gasteiger partial charge in [-0.05, 0) is 31.5 Å². The predicted molar refractivity (Wildman–Crippen MR) is 128 cm³/mol. The van der Waals surface area contributed by atoms with Gasteiger partial charge in [0.2, 0.25) is 5.91 Å². The van der Waals surface area contributed by atoms with Gasteiger partial charge in [0.15, 0.2) is 5.69 Å². The van der Waals surface area contributed by atoms with Crippen molar-refractivity contribution in [2.45, 2.75) is 33.7 Å². The number of para-hydroxylation sites is 1. The van der Waals surface area contributed by atoms with E-state index in [1.807, 2.05) is 79.2 Å². The molecule has 2 aromatic heterocycles. The molecule has 0 saturated heterocycles. The first kappa shape index (κ1) is 22.0. The molecule has 0 fully saturated rings. The van der Waals surface area contributed by atoms with Crippen LogP contribution in [0.25, 0.3) is 5.69 Å². The van der Waals surface area contributed by atoms with Gasteiger partial charge in [-0.15, -0.1) is 0 Å². The van der Waals surface area contributed by atoms with Crippen LogP contribution in [0, 0.1) is 13.8 Å². The lowest BCUT2D eigenvalue weighted by Gasteiger charge is -2.07. The third kappa shape index (κ3) is 4.85. The van der Waals surface area contributed by atoms with Gasteiger partial charge in [0.05, 0.1) is 29.3 Å². The summed E-state index contributed by atoms with van der Waals surface area (Å²) >= 11 is 0. The molecule has 33 heavy (non-hydrogen) atoms. The Morgan fingerprint density at radius 1 is 0.909 bits per heavy atom. The minimum Gasteiger partial charge on any atom is -0.317 e. The maximum absolute atomic E-state index is 13.1. The Hall–Kier alpha value is -4.20. The molecule has 0 aliphatic heterocycles. The topological polar surface area (TPSA) is 93.8 Å². The van der Waals surface area contributed by atoms with Crippen molar-refractivity contribution in [3.63, 3.8) is 0 Å². The van der Waals surface area contributed by atoms with Crippen molar-refractivity contribution in [3.8, 4) is 5.69 Å². The normalized spacial score (nSPS) is 10.8. The SMILES string of the molecule is CCC(=O)Nc1cc(C(=O)Nc2c(C)nn(Cc3ccccc3)c2C)nn1-c1ccccc1. The molecule has 0 spiro atoms. The lowest BCUT2D eigenvalue weighted by atomic mass is 10.2. The maximum Gasteiger partial charge on any atom is 0.276 e. The van der Waals surface area contributed by atoms with E-state index in [2.05, 4.69) is 20.8 Å². The summed E-state index contributed by atoms with van der Waals surface area (Å²) in [5, 5.41) is 14.8. The lowest BCUT2D eigenvalue weighted by Crippen LogP contribution is -2.15. The zero-order valence-corrected chi connectivity index (χ0v) is 18.9. The fraction of sp³-hybridized carbons (Fsp3) is 0.200. The first-order valence-electron chi connectivity index (χ1n) is 10.8. The summed E-state index contributed by atoms with van der Waals surface area (Å²) in [6.07, 6.45) is 0.320. The van der Waals surface area contributed by atoms with E-state index in [4.69, 9.17) is 0 Å². The molecule has 0 atom stereocenters. The summed E-state index contributed by atoms with van der Waals surface area (Å²) in [5.74, 6) is -0.0959. The van der Waals surface area contributed by atoms with Crippen LogP contribution < -0.4 is 10.6 Å². The molecule has 0 aliphatic rings. The Morgan fingerprint density at radius 2 is 1.58 bits per heavy atom. The van der Waals surface area contributed by atoms with Gasteiger partial charge in [0.1, 0.15) is 5.82 Å². The van der Waals surface area contributed by atoms with E-state index >= 15 is 0 Å². The van der Waals surface area contributed by atoms with E-state index < -0.39 is 0 Å². The number of aromatic nitrogens is 4. The summed E-state index contributed by atoms with van der Waals surface area (Å²) < 4.78 is 3.43. The van der Waals surface area contributed by atoms with Crippen molar-refractivity contribution >= 4 is 23.3 Å². The van der Waals surface area contributed by atoms with Gasteiger partial charge in [-0.2, -0.15) is 10.2 Å². The number of carbonyl (C=O) groups excluding carboxylic acids is 2. The van der Waals surface area contributed by atoms with Gasteiger partial charge in [-0.3, -0.25) is 14.3 Å². The molecule has 0 radical (unpaired) electrons. The number of rotatable bonds is 7. The van der Waals surface area contributed by atoms with Crippen LogP contribution in [0.5, 0.6) is 0 Å². The van der Waals surface area contributed by atoms with Crippen LogP contribution in [0.3, 0.4) is 0 Å². The van der Waals surface area contributed by atoms with Gasteiger partial charge in [0, 0.05) is 12.5 Å². The van der Waals surface area contributed by atoms with E-state index in [0.717, 1.165) is 22.6 Å². The van der Waals surface area contributed by atoms with E-state index in [-0.39, 0.29) is 17.5 Å². The van der Waals surface area contributed by atoms with Crippen molar-refractivity contribution < 1.29 is 9.59 Å². The van der Waals surface area contributed by atoms with Crippen LogP contribution in [0.4, 0.5) is 11.5 Å². The van der Waals surface area contributed by atoms with Crippen LogP contribution in [0.1, 0.15) is 40.8 Å². The number of amides is 2. The maximum atomic E-state index is 13.1. The molecule has 168 valence electrons. The van der Waals surface area contributed by atoms with E-state index in [1.165, 1.54) is 0 Å². The standard InChI is InChI=1S/C25H26N6O2/c1-4-23(32)26-22-15-21(29-31(22)20-13-9-6-10-14-20)25(33)27-24-17(2)28-30(18(24)3)16-19-11-7-5-8-12-19/h5-15H,4,16H2,1-3H3,(H,26,32)(H,27,33). The number of anilines is 2. The minimum atomic E-state index is -0.373. The van der Waals surface area contributed by atoms with E-state index in [1.54, 1.807) is 17.7 Å². The Kier molecular flexibility index (Phi) is 6.35. The number of benzene rings is 2. The van der Waals surface area contributed by atoms with Gasteiger partial charge in [0.25, 0.3) is 5.91 Å². The first-order chi connectivity index (χ1) is 16.0. The van der Waals surface area contributed by atoms with E-state index in [0.29, 0.717) is 24.5 Å². The zero-order chi connectivity index (χ0) is 23.4. The molecule has 2 amide bonds. The molecule has 0 bridgehead atoms. The third-order valence-corrected chi connectivity index (χ3v) is 5.33. The molecular weight excluding hydrogens is 416 g/mol. The predicted octanol–water partition coefficient (Wildman–Crippen LogP) is 4.33. The van der Waals surface area contributed by atoms with Crippen LogP contribution in [0.15, 0.2) is 66.7 Å². The largest absolute Gasteiger partial charge is 0.317 e. The fourth-order valence-corrected chi connectivity index (χ4v) is 3.54. The summed E-state index contributed by atoms with van der Waals surface area (Å²) in [4.78, 5) is 25.1. The molecule has 4 rings (SSSR count). The molecular formula is C25H26N6O2. The number of nitrogens with zero attached hydrogens (tertiary/aromatic N) is 4. The summed E-state index contributed by atoms with van der Waals surface area (Å²) in [6, 6.07) is 21.0. The zero-order valence-electron chi connectivity index (χ0n) is 18.9. The molecule has 8 nitrogen and oxygen atoms in total. The van der Waals surface area contributed by atoms with Crippen molar-refractivity contribution in [2.75, 3.05) is 10.6 Å². The number of carbonyl (C=O) groups is 2. The highest BCUT2D eigenvalue weighted by Gasteiger charge is 2.20. The second-order valence-corrected chi connectivity index (χ2v) is 7.71. The number of aryl methyl sites for hydroxylation is 1. The van der Waals surface area contributed by atoms with Gasteiger partial charge < -0.3 is 10.6 Å². The van der Waals surface area contributed by atoms with Crippen molar-refractivity contribution in [3.05, 3.63) is 89.4 Å². The highest BCUT2D eigenvalue weighted by Crippen LogP contribution is 2.23. The fourth-order valence-electron chi connectivity index (χ4n) is 3.54. The summed E-state index contributed by atoms with van der Waals surface area (Å²) in [6.45, 7) is 6.16. The number of nitrogens with one attached hydrogen (secondary N) is 2. The quantitative estimate of drug-likeness (QED) is 0.445. The monoisotopic (exact) mass is 442 g/mol. The van der Waals surface area contributed by atoms with Gasteiger partial charge in [-0.1, -0.05) is 55.5 Å². The molecule has 0 unspecified atom stereocenters. The molecule has 2 N–H and O–H groups in total. The second kappa shape index (κ2) is 9.52. The number of hydrogen-bond donors (Lipinski definition) is 2. The van der Waals surface area contributed by atoms with Gasteiger partial charge in [-0.25, -0.2) is 4.68 Å². The van der Waals surface area contributed by atoms with Crippen molar-refractivity contribution in [1.29, 1.82) is 0 Å². The molecule has 2 heterocycles. The summed E-state index contributed by atoms with van der Waals surface area (Å²) in [5.41, 5.74) is 4.29. The molecule has 4 aromatic rings. The van der Waals surface area contributed by atoms with E-state index in [9.17, 15) is 9.59 Å². The number of hydrogen-bond acceptors (Lipinski definition) is 4. The van der Waals surface area contributed by atoms with Crippen LogP contribution in [0.2, 0.25) is 0 Å². The smallest absolute Gasteiger partial charge is 0.276 e. The second-order valence-electron chi connectivity index (χ2n) is 7.71. The van der Waals surface area contributed by atoms with Crippen LogP contribution in [-0.4, -0.2) is 31.4 Å². The average Bonchev–Trinajstić information content (AvgIpc) is 3.36. The lowest BCUT2D eigenvalue weighted by molar-refractivity contribution is -0.115.